The maximum Gasteiger partial charge on any atom is 0.235 e. The van der Waals surface area contributed by atoms with Gasteiger partial charge < -0.3 is 11.1 Å². The second kappa shape index (κ2) is 5.80. The van der Waals surface area contributed by atoms with Crippen LogP contribution in [0.1, 0.15) is 42.9 Å². The molecule has 5 nitrogen and oxygen atoms in total. The minimum atomic E-state index is -0.291. The van der Waals surface area contributed by atoms with Crippen LogP contribution in [0.2, 0.25) is 0 Å². The first-order valence-corrected chi connectivity index (χ1v) is 8.87. The summed E-state index contributed by atoms with van der Waals surface area (Å²) in [5.74, 6) is 0.646. The Hall–Kier alpha value is -2.95. The van der Waals surface area contributed by atoms with Crippen LogP contribution in [0.3, 0.4) is 0 Å². The molecule has 2 aliphatic rings. The van der Waals surface area contributed by atoms with Crippen molar-refractivity contribution >= 4 is 23.3 Å². The van der Waals surface area contributed by atoms with Crippen molar-refractivity contribution in [2.75, 3.05) is 5.32 Å². The SMILES string of the molecule is CC(N)=NC(=N)c1ccc(C)c(-c2ccc3c(c2)NC(=O)C32CCC2)c1. The zero-order valence-electron chi connectivity index (χ0n) is 15.0. The Morgan fingerprint density at radius 1 is 1.23 bits per heavy atom. The van der Waals surface area contributed by atoms with Gasteiger partial charge in [0.1, 0.15) is 0 Å². The lowest BCUT2D eigenvalue weighted by Gasteiger charge is -2.36. The monoisotopic (exact) mass is 346 g/mol. The van der Waals surface area contributed by atoms with Crippen LogP contribution in [-0.4, -0.2) is 17.6 Å². The molecule has 0 radical (unpaired) electrons. The highest BCUT2D eigenvalue weighted by Crippen LogP contribution is 2.51. The lowest BCUT2D eigenvalue weighted by molar-refractivity contribution is -0.123. The van der Waals surface area contributed by atoms with Gasteiger partial charge in [0.15, 0.2) is 5.84 Å². The summed E-state index contributed by atoms with van der Waals surface area (Å²) >= 11 is 0. The maximum atomic E-state index is 12.4. The fourth-order valence-electron chi connectivity index (χ4n) is 3.94. The van der Waals surface area contributed by atoms with E-state index < -0.39 is 0 Å². The molecule has 0 aromatic heterocycles. The molecule has 4 rings (SSSR count). The number of anilines is 1. The van der Waals surface area contributed by atoms with Gasteiger partial charge in [-0.2, -0.15) is 0 Å². The molecule has 2 aromatic carbocycles. The average Bonchev–Trinajstić information content (AvgIpc) is 2.85. The Morgan fingerprint density at radius 2 is 2.00 bits per heavy atom. The zero-order chi connectivity index (χ0) is 18.5. The number of benzene rings is 2. The van der Waals surface area contributed by atoms with Gasteiger partial charge in [-0.25, -0.2) is 4.99 Å². The molecule has 1 heterocycles. The smallest absolute Gasteiger partial charge is 0.235 e. The van der Waals surface area contributed by atoms with Crippen LogP contribution in [0.15, 0.2) is 41.4 Å². The number of amidine groups is 2. The number of aliphatic imine (C=N–C) groups is 1. The van der Waals surface area contributed by atoms with Gasteiger partial charge in [0.2, 0.25) is 5.91 Å². The molecule has 2 aromatic rings. The van der Waals surface area contributed by atoms with E-state index in [2.05, 4.69) is 22.4 Å². The summed E-state index contributed by atoms with van der Waals surface area (Å²) in [5.41, 5.74) is 11.2. The number of fused-ring (bicyclic) bond motifs is 2. The van der Waals surface area contributed by atoms with E-state index in [-0.39, 0.29) is 17.2 Å². The van der Waals surface area contributed by atoms with Crippen LogP contribution in [-0.2, 0) is 10.2 Å². The molecule has 0 saturated heterocycles. The molecule has 4 N–H and O–H groups in total. The molecule has 132 valence electrons. The largest absolute Gasteiger partial charge is 0.387 e. The Bertz CT molecular complexity index is 966. The first-order valence-electron chi connectivity index (χ1n) is 8.87. The van der Waals surface area contributed by atoms with Gasteiger partial charge in [0.25, 0.3) is 0 Å². The third-order valence-electron chi connectivity index (χ3n) is 5.54. The Balaban J connectivity index is 1.75. The van der Waals surface area contributed by atoms with Gasteiger partial charge in [-0.1, -0.05) is 30.7 Å². The van der Waals surface area contributed by atoms with E-state index in [1.807, 2.05) is 31.2 Å². The van der Waals surface area contributed by atoms with E-state index >= 15 is 0 Å². The number of amides is 1. The normalized spacial score (nSPS) is 17.6. The number of carbonyl (C=O) groups excluding carboxylic acids is 1. The maximum absolute atomic E-state index is 12.4. The van der Waals surface area contributed by atoms with E-state index in [9.17, 15) is 4.79 Å². The van der Waals surface area contributed by atoms with E-state index in [0.29, 0.717) is 5.84 Å². The highest BCUT2D eigenvalue weighted by molar-refractivity contribution is 6.08. The Labute approximate surface area is 152 Å². The van der Waals surface area contributed by atoms with Crippen LogP contribution in [0.5, 0.6) is 0 Å². The molecule has 5 heteroatoms. The van der Waals surface area contributed by atoms with Crippen molar-refractivity contribution in [1.82, 2.24) is 0 Å². The topological polar surface area (TPSA) is 91.3 Å². The number of nitrogens with one attached hydrogen (secondary N) is 2. The number of hydrogen-bond donors (Lipinski definition) is 3. The van der Waals surface area contributed by atoms with E-state index in [0.717, 1.165) is 52.8 Å². The van der Waals surface area contributed by atoms with E-state index in [1.165, 1.54) is 0 Å². The average molecular weight is 346 g/mol. The summed E-state index contributed by atoms with van der Waals surface area (Å²) < 4.78 is 0. The Morgan fingerprint density at radius 3 is 2.65 bits per heavy atom. The summed E-state index contributed by atoms with van der Waals surface area (Å²) in [6.07, 6.45) is 2.99. The standard InChI is InChI=1S/C21H22N4O/c1-12-4-5-15(19(23)24-13(2)22)10-16(12)14-6-7-17-18(11-14)25-20(26)21(17)8-3-9-21/h4-7,10-11H,3,8-9H2,1-2H3,(H,25,26)(H3,22,23,24). The first kappa shape index (κ1) is 16.5. The number of carbonyl (C=O) groups is 1. The van der Waals surface area contributed by atoms with Gasteiger partial charge in [-0.15, -0.1) is 0 Å². The quantitative estimate of drug-likeness (QED) is 0.571. The lowest BCUT2D eigenvalue weighted by atomic mass is 9.65. The van der Waals surface area contributed by atoms with Crippen molar-refractivity contribution in [3.05, 3.63) is 53.1 Å². The summed E-state index contributed by atoms with van der Waals surface area (Å²) in [7, 11) is 0. The lowest BCUT2D eigenvalue weighted by Crippen LogP contribution is -2.40. The van der Waals surface area contributed by atoms with Crippen LogP contribution in [0.25, 0.3) is 11.1 Å². The number of nitrogens with zero attached hydrogens (tertiary/aromatic N) is 1. The van der Waals surface area contributed by atoms with Crippen LogP contribution >= 0.6 is 0 Å². The highest BCUT2D eigenvalue weighted by Gasteiger charge is 2.50. The van der Waals surface area contributed by atoms with Crippen molar-refractivity contribution in [2.24, 2.45) is 10.7 Å². The molecule has 1 fully saturated rings. The van der Waals surface area contributed by atoms with Crippen molar-refractivity contribution < 1.29 is 4.79 Å². The van der Waals surface area contributed by atoms with E-state index in [1.54, 1.807) is 6.92 Å². The zero-order valence-corrected chi connectivity index (χ0v) is 15.0. The number of hydrogen-bond acceptors (Lipinski definition) is 2. The Kier molecular flexibility index (Phi) is 3.68. The molecule has 0 unspecified atom stereocenters. The van der Waals surface area contributed by atoms with Gasteiger partial charge >= 0.3 is 0 Å². The van der Waals surface area contributed by atoms with Gasteiger partial charge in [-0.3, -0.25) is 10.2 Å². The molecule has 1 saturated carbocycles. The summed E-state index contributed by atoms with van der Waals surface area (Å²) in [6, 6.07) is 12.0. The minimum Gasteiger partial charge on any atom is -0.387 e. The second-order valence-electron chi connectivity index (χ2n) is 7.28. The highest BCUT2D eigenvalue weighted by atomic mass is 16.2. The summed E-state index contributed by atoms with van der Waals surface area (Å²) in [4.78, 5) is 16.5. The predicted molar refractivity (Wildman–Crippen MR) is 105 cm³/mol. The van der Waals surface area contributed by atoms with Crippen molar-refractivity contribution in [3.63, 3.8) is 0 Å². The third-order valence-corrected chi connectivity index (χ3v) is 5.54. The molecule has 1 aliphatic heterocycles. The molecule has 0 atom stereocenters. The molecular formula is C21H22N4O. The van der Waals surface area contributed by atoms with Crippen molar-refractivity contribution in [2.45, 2.75) is 38.5 Å². The van der Waals surface area contributed by atoms with Gasteiger partial charge in [-0.05, 0) is 61.1 Å². The molecule has 26 heavy (non-hydrogen) atoms. The van der Waals surface area contributed by atoms with Crippen molar-refractivity contribution in [3.8, 4) is 11.1 Å². The van der Waals surface area contributed by atoms with Gasteiger partial charge in [0, 0.05) is 11.3 Å². The van der Waals surface area contributed by atoms with Crippen LogP contribution in [0.4, 0.5) is 5.69 Å². The molecule has 0 bridgehead atoms. The predicted octanol–water partition coefficient (Wildman–Crippen LogP) is 3.74. The van der Waals surface area contributed by atoms with E-state index in [4.69, 9.17) is 11.1 Å². The minimum absolute atomic E-state index is 0.135. The first-order chi connectivity index (χ1) is 12.4. The molecule has 1 aliphatic carbocycles. The molecule has 1 spiro atoms. The third kappa shape index (κ3) is 2.43. The van der Waals surface area contributed by atoms with Crippen LogP contribution < -0.4 is 11.1 Å². The number of nitrogens with two attached hydrogens (primary N) is 1. The van der Waals surface area contributed by atoms with Gasteiger partial charge in [0.05, 0.1) is 11.3 Å². The fraction of sp³-hybridized carbons (Fsp3) is 0.286. The number of rotatable bonds is 2. The second-order valence-corrected chi connectivity index (χ2v) is 7.28. The summed E-state index contributed by atoms with van der Waals surface area (Å²) in [6.45, 7) is 3.71. The molecular weight excluding hydrogens is 324 g/mol. The summed E-state index contributed by atoms with van der Waals surface area (Å²) in [5, 5.41) is 11.2. The van der Waals surface area contributed by atoms with Crippen molar-refractivity contribution in [1.29, 1.82) is 5.41 Å². The van der Waals surface area contributed by atoms with Crippen LogP contribution in [0, 0.1) is 12.3 Å². The fourth-order valence-corrected chi connectivity index (χ4v) is 3.94. The molecule has 1 amide bonds. The number of aryl methyl sites for hydroxylation is 1.